The fourth-order valence-electron chi connectivity index (χ4n) is 4.25. The fourth-order valence-corrected chi connectivity index (χ4v) is 4.25. The van der Waals surface area contributed by atoms with Crippen LogP contribution in [0.15, 0.2) is 67.6 Å². The Hall–Kier alpha value is -3.38. The van der Waals surface area contributed by atoms with Crippen molar-refractivity contribution in [2.75, 3.05) is 7.11 Å². The van der Waals surface area contributed by atoms with Crippen LogP contribution in [0, 0.1) is 6.92 Å². The molecule has 30 heavy (non-hydrogen) atoms. The third kappa shape index (κ3) is 3.62. The van der Waals surface area contributed by atoms with E-state index >= 15 is 0 Å². The molecule has 1 aromatic heterocycles. The van der Waals surface area contributed by atoms with E-state index in [1.165, 1.54) is 6.08 Å². The highest BCUT2D eigenvalue weighted by Crippen LogP contribution is 2.43. The highest BCUT2D eigenvalue weighted by molar-refractivity contribution is 5.87. The Bertz CT molecular complexity index is 1090. The molecule has 3 atom stereocenters. The minimum Gasteiger partial charge on any atom is -0.495 e. The first-order valence-corrected chi connectivity index (χ1v) is 9.89. The van der Waals surface area contributed by atoms with Gasteiger partial charge in [-0.3, -0.25) is 4.79 Å². The lowest BCUT2D eigenvalue weighted by Gasteiger charge is -2.29. The minimum atomic E-state index is -0.598. The van der Waals surface area contributed by atoms with Crippen molar-refractivity contribution >= 4 is 5.91 Å². The number of benzene rings is 2. The van der Waals surface area contributed by atoms with Crippen molar-refractivity contribution in [1.82, 2.24) is 14.9 Å². The van der Waals surface area contributed by atoms with E-state index in [1.807, 2.05) is 60.2 Å². The first-order chi connectivity index (χ1) is 14.5. The number of aromatic nitrogens is 2. The molecule has 2 aromatic carbocycles. The van der Waals surface area contributed by atoms with Crippen molar-refractivity contribution in [2.45, 2.75) is 31.4 Å². The van der Waals surface area contributed by atoms with Crippen LogP contribution < -0.4 is 10.1 Å². The second-order valence-corrected chi connectivity index (χ2v) is 7.54. The van der Waals surface area contributed by atoms with E-state index in [0.29, 0.717) is 12.2 Å². The number of carbonyl (C=O) groups is 1. The van der Waals surface area contributed by atoms with Gasteiger partial charge in [-0.05, 0) is 48.2 Å². The third-order valence-electron chi connectivity index (χ3n) is 5.65. The lowest BCUT2D eigenvalue weighted by Crippen LogP contribution is -2.34. The van der Waals surface area contributed by atoms with Crippen molar-refractivity contribution in [1.29, 1.82) is 0 Å². The number of aliphatic hydroxyl groups excluding tert-OH is 1. The molecule has 0 saturated heterocycles. The Morgan fingerprint density at radius 1 is 1.37 bits per heavy atom. The molecule has 0 radical (unpaired) electrons. The van der Waals surface area contributed by atoms with E-state index in [2.05, 4.69) is 16.9 Å². The maximum Gasteiger partial charge on any atom is 0.243 e. The van der Waals surface area contributed by atoms with Gasteiger partial charge in [0.1, 0.15) is 5.75 Å². The summed E-state index contributed by atoms with van der Waals surface area (Å²) >= 11 is 0. The van der Waals surface area contributed by atoms with Gasteiger partial charge in [0.2, 0.25) is 5.91 Å². The Labute approximate surface area is 175 Å². The van der Waals surface area contributed by atoms with Gasteiger partial charge in [0.05, 0.1) is 37.0 Å². The minimum absolute atomic E-state index is 0.267. The highest BCUT2D eigenvalue weighted by Gasteiger charge is 2.38. The molecule has 1 heterocycles. The molecule has 1 amide bonds. The molecule has 0 saturated carbocycles. The van der Waals surface area contributed by atoms with Crippen molar-refractivity contribution < 1.29 is 14.6 Å². The summed E-state index contributed by atoms with van der Waals surface area (Å²) in [7, 11) is 1.61. The van der Waals surface area contributed by atoms with Gasteiger partial charge in [0, 0.05) is 12.1 Å². The molecule has 6 heteroatoms. The number of fused-ring (bicyclic) bond motifs is 1. The molecule has 0 fully saturated rings. The van der Waals surface area contributed by atoms with E-state index in [9.17, 15) is 9.90 Å². The van der Waals surface area contributed by atoms with Crippen molar-refractivity contribution in [3.05, 3.63) is 90.0 Å². The molecule has 0 bridgehead atoms. The molecular formula is C24H25N3O3. The lowest BCUT2D eigenvalue weighted by atomic mass is 9.86. The van der Waals surface area contributed by atoms with Gasteiger partial charge in [-0.2, -0.15) is 0 Å². The molecule has 0 aliphatic heterocycles. The Balaban J connectivity index is 1.78. The Morgan fingerprint density at radius 3 is 2.87 bits per heavy atom. The monoisotopic (exact) mass is 403 g/mol. The lowest BCUT2D eigenvalue weighted by molar-refractivity contribution is -0.117. The molecule has 1 aliphatic carbocycles. The number of carbonyl (C=O) groups excluding carboxylic acids is 1. The van der Waals surface area contributed by atoms with Gasteiger partial charge >= 0.3 is 0 Å². The van der Waals surface area contributed by atoms with Crippen LogP contribution in [0.4, 0.5) is 0 Å². The summed E-state index contributed by atoms with van der Waals surface area (Å²) in [6.45, 7) is 5.51. The summed E-state index contributed by atoms with van der Waals surface area (Å²) in [5, 5.41) is 13.9. The zero-order chi connectivity index (χ0) is 21.3. The van der Waals surface area contributed by atoms with Crippen LogP contribution in [0.1, 0.15) is 34.3 Å². The summed E-state index contributed by atoms with van der Waals surface area (Å²) < 4.78 is 7.54. The first kappa shape index (κ1) is 19.9. The van der Waals surface area contributed by atoms with Gasteiger partial charge in [-0.1, -0.05) is 36.9 Å². The molecule has 1 aliphatic rings. The summed E-state index contributed by atoms with van der Waals surface area (Å²) in [6, 6.07) is 13.3. The number of aliphatic hydroxyl groups is 1. The van der Waals surface area contributed by atoms with Crippen LogP contribution in [-0.4, -0.2) is 33.8 Å². The zero-order valence-electron chi connectivity index (χ0n) is 17.1. The Kier molecular flexibility index (Phi) is 5.42. The van der Waals surface area contributed by atoms with Crippen LogP contribution in [-0.2, 0) is 11.2 Å². The largest absolute Gasteiger partial charge is 0.495 e. The smallest absolute Gasteiger partial charge is 0.243 e. The van der Waals surface area contributed by atoms with E-state index in [-0.39, 0.29) is 11.8 Å². The number of methoxy groups -OCH3 is 1. The predicted molar refractivity (Wildman–Crippen MR) is 115 cm³/mol. The number of nitrogens with zero attached hydrogens (tertiary/aromatic N) is 2. The Morgan fingerprint density at radius 2 is 2.17 bits per heavy atom. The molecule has 0 spiro atoms. The summed E-state index contributed by atoms with van der Waals surface area (Å²) in [5.41, 5.74) is 4.76. The molecule has 2 unspecified atom stereocenters. The van der Waals surface area contributed by atoms with Crippen LogP contribution in [0.2, 0.25) is 0 Å². The predicted octanol–water partition coefficient (Wildman–Crippen LogP) is 3.23. The molecule has 2 N–H and O–H groups in total. The first-order valence-electron chi connectivity index (χ1n) is 9.89. The fraction of sp³-hybridized carbons (Fsp3) is 0.250. The second kappa shape index (κ2) is 8.16. The highest BCUT2D eigenvalue weighted by atomic mass is 16.5. The van der Waals surface area contributed by atoms with Crippen molar-refractivity contribution in [3.8, 4) is 11.4 Å². The van der Waals surface area contributed by atoms with E-state index in [1.54, 1.807) is 13.4 Å². The average Bonchev–Trinajstić information content (AvgIpc) is 3.33. The number of rotatable bonds is 6. The normalized spacial score (nSPS) is 18.5. The average molecular weight is 403 g/mol. The SMILES string of the molecule is C=CC(=O)NC(c1ccc(-n2cnc(C)c2)c(OC)c1)[C@@H]1c2ccccc2CC1O. The van der Waals surface area contributed by atoms with E-state index in [4.69, 9.17) is 4.74 Å². The number of ether oxygens (including phenoxy) is 1. The van der Waals surface area contributed by atoms with Crippen LogP contribution in [0.5, 0.6) is 5.75 Å². The molecule has 4 rings (SSSR count). The summed E-state index contributed by atoms with van der Waals surface area (Å²) in [6.07, 6.45) is 4.87. The van der Waals surface area contributed by atoms with Gasteiger partial charge in [-0.15, -0.1) is 0 Å². The number of aryl methyl sites for hydroxylation is 1. The second-order valence-electron chi connectivity index (χ2n) is 7.54. The maximum atomic E-state index is 12.3. The molecule has 6 nitrogen and oxygen atoms in total. The van der Waals surface area contributed by atoms with Crippen molar-refractivity contribution in [3.63, 3.8) is 0 Å². The van der Waals surface area contributed by atoms with Gasteiger partial charge in [0.15, 0.2) is 0 Å². The van der Waals surface area contributed by atoms with E-state index < -0.39 is 12.1 Å². The number of hydrogen-bond acceptors (Lipinski definition) is 4. The number of imidazole rings is 1. The summed E-state index contributed by atoms with van der Waals surface area (Å²) in [4.78, 5) is 16.5. The molecular weight excluding hydrogens is 378 g/mol. The zero-order valence-corrected chi connectivity index (χ0v) is 17.1. The van der Waals surface area contributed by atoms with Crippen LogP contribution >= 0.6 is 0 Å². The topological polar surface area (TPSA) is 76.4 Å². The van der Waals surface area contributed by atoms with Crippen LogP contribution in [0.3, 0.4) is 0 Å². The number of nitrogens with one attached hydrogen (secondary N) is 1. The number of hydrogen-bond donors (Lipinski definition) is 2. The van der Waals surface area contributed by atoms with E-state index in [0.717, 1.165) is 28.1 Å². The quantitative estimate of drug-likeness (QED) is 0.620. The van der Waals surface area contributed by atoms with Gasteiger partial charge in [-0.25, -0.2) is 4.98 Å². The van der Waals surface area contributed by atoms with Gasteiger partial charge < -0.3 is 19.7 Å². The molecule has 3 aromatic rings. The molecule has 154 valence electrons. The standard InChI is InChI=1S/C24H25N3O3/c1-4-22(29)26-24(23-18-8-6-5-7-16(18)11-20(23)28)17-9-10-19(21(12-17)30-3)27-13-15(2)25-14-27/h4-10,12-14,20,23-24,28H,1,11H2,2-3H3,(H,26,29)/t20?,23-,24?/m1/s1. The van der Waals surface area contributed by atoms with Gasteiger partial charge in [0.25, 0.3) is 0 Å². The van der Waals surface area contributed by atoms with Crippen molar-refractivity contribution in [2.24, 2.45) is 0 Å². The number of amides is 1. The maximum absolute atomic E-state index is 12.3. The van der Waals surface area contributed by atoms with Crippen LogP contribution in [0.25, 0.3) is 5.69 Å². The summed E-state index contributed by atoms with van der Waals surface area (Å²) in [5.74, 6) is 0.101. The third-order valence-corrected chi connectivity index (χ3v) is 5.65.